The van der Waals surface area contributed by atoms with Crippen molar-refractivity contribution in [3.05, 3.63) is 23.5 Å². The maximum Gasteiger partial charge on any atom is 0.245 e. The van der Waals surface area contributed by atoms with Gasteiger partial charge in [0.2, 0.25) is 10.0 Å². The number of nitrogens with zero attached hydrogens (tertiary/aromatic N) is 1. The van der Waals surface area contributed by atoms with E-state index >= 15 is 0 Å². The Morgan fingerprint density at radius 2 is 2.00 bits per heavy atom. The van der Waals surface area contributed by atoms with E-state index in [2.05, 4.69) is 0 Å². The van der Waals surface area contributed by atoms with Crippen molar-refractivity contribution >= 4 is 15.7 Å². The van der Waals surface area contributed by atoms with Crippen molar-refractivity contribution in [3.63, 3.8) is 0 Å². The van der Waals surface area contributed by atoms with Crippen molar-refractivity contribution in [2.24, 2.45) is 5.92 Å². The predicted octanol–water partition coefficient (Wildman–Crippen LogP) is 2.38. The van der Waals surface area contributed by atoms with Crippen molar-refractivity contribution in [1.82, 2.24) is 4.31 Å². The lowest BCUT2D eigenvalue weighted by Crippen LogP contribution is -2.31. The summed E-state index contributed by atoms with van der Waals surface area (Å²) in [6.07, 6.45) is 0.859. The van der Waals surface area contributed by atoms with Crippen molar-refractivity contribution in [2.45, 2.75) is 32.1 Å². The number of hydrogen-bond acceptors (Lipinski definition) is 3. The van der Waals surface area contributed by atoms with E-state index in [1.165, 1.54) is 30.4 Å². The number of anilines is 1. The third-order valence-corrected chi connectivity index (χ3v) is 5.02. The monoisotopic (exact) mass is 288 g/mol. The topological polar surface area (TPSA) is 63.4 Å². The van der Waals surface area contributed by atoms with Crippen molar-refractivity contribution in [1.29, 1.82) is 0 Å². The van der Waals surface area contributed by atoms with E-state index < -0.39 is 15.8 Å². The van der Waals surface area contributed by atoms with Crippen LogP contribution >= 0.6 is 0 Å². The molecule has 0 radical (unpaired) electrons. The first-order valence-corrected chi connectivity index (χ1v) is 7.66. The van der Waals surface area contributed by atoms with Crippen LogP contribution in [0.1, 0.15) is 25.8 Å². The quantitative estimate of drug-likeness (QED) is 0.846. The Hall–Kier alpha value is -1.14. The Balaban J connectivity index is 3.20. The van der Waals surface area contributed by atoms with Gasteiger partial charge < -0.3 is 5.73 Å². The highest BCUT2D eigenvalue weighted by Crippen LogP contribution is 2.24. The average molecular weight is 288 g/mol. The summed E-state index contributed by atoms with van der Waals surface area (Å²) in [5, 5.41) is 0. The standard InChI is InChI=1S/C13H21FN2O2S/c1-5-9(2)8-16(4)19(17,18)12-7-11(15)6-10(3)13(12)14/h6-7,9H,5,8,15H2,1-4H3. The minimum absolute atomic E-state index is 0.213. The third-order valence-electron chi connectivity index (χ3n) is 3.20. The first-order valence-electron chi connectivity index (χ1n) is 6.22. The number of aryl methyl sites for hydroxylation is 1. The van der Waals surface area contributed by atoms with Crippen LogP contribution in [0.3, 0.4) is 0 Å². The molecule has 1 aromatic carbocycles. The van der Waals surface area contributed by atoms with Crippen LogP contribution in [0, 0.1) is 18.7 Å². The minimum Gasteiger partial charge on any atom is -0.399 e. The molecule has 0 bridgehead atoms. The lowest BCUT2D eigenvalue weighted by atomic mass is 10.1. The number of halogens is 1. The van der Waals surface area contributed by atoms with Gasteiger partial charge in [0.15, 0.2) is 0 Å². The van der Waals surface area contributed by atoms with Gasteiger partial charge in [-0.1, -0.05) is 20.3 Å². The zero-order valence-electron chi connectivity index (χ0n) is 11.8. The molecule has 19 heavy (non-hydrogen) atoms. The molecule has 0 spiro atoms. The fraction of sp³-hybridized carbons (Fsp3) is 0.538. The number of nitrogen functional groups attached to an aromatic ring is 1. The van der Waals surface area contributed by atoms with Crippen LogP contribution in [0.4, 0.5) is 10.1 Å². The van der Waals surface area contributed by atoms with Crippen LogP contribution in [0.5, 0.6) is 0 Å². The SMILES string of the molecule is CCC(C)CN(C)S(=O)(=O)c1cc(N)cc(C)c1F. The molecular formula is C13H21FN2O2S. The Morgan fingerprint density at radius 3 is 2.53 bits per heavy atom. The number of hydrogen-bond donors (Lipinski definition) is 1. The van der Waals surface area contributed by atoms with Gasteiger partial charge in [0, 0.05) is 19.3 Å². The summed E-state index contributed by atoms with van der Waals surface area (Å²) in [6.45, 7) is 5.79. The van der Waals surface area contributed by atoms with E-state index in [4.69, 9.17) is 5.73 Å². The second-order valence-electron chi connectivity index (χ2n) is 4.95. The second-order valence-corrected chi connectivity index (χ2v) is 6.96. The van der Waals surface area contributed by atoms with E-state index in [0.717, 1.165) is 6.42 Å². The van der Waals surface area contributed by atoms with Gasteiger partial charge in [-0.05, 0) is 30.5 Å². The van der Waals surface area contributed by atoms with Gasteiger partial charge in [-0.25, -0.2) is 17.1 Å². The Labute approximate surface area is 114 Å². The second kappa shape index (κ2) is 5.88. The maximum atomic E-state index is 14.0. The molecule has 0 aliphatic heterocycles. The smallest absolute Gasteiger partial charge is 0.245 e. The fourth-order valence-electron chi connectivity index (χ4n) is 1.79. The maximum absolute atomic E-state index is 14.0. The molecule has 0 aromatic heterocycles. The lowest BCUT2D eigenvalue weighted by molar-refractivity contribution is 0.391. The van der Waals surface area contributed by atoms with E-state index in [9.17, 15) is 12.8 Å². The van der Waals surface area contributed by atoms with Gasteiger partial charge in [0.25, 0.3) is 0 Å². The van der Waals surface area contributed by atoms with Crippen LogP contribution < -0.4 is 5.73 Å². The summed E-state index contributed by atoms with van der Waals surface area (Å²) in [4.78, 5) is -0.351. The summed E-state index contributed by atoms with van der Waals surface area (Å²) in [7, 11) is -2.38. The van der Waals surface area contributed by atoms with Gasteiger partial charge in [0.05, 0.1) is 0 Å². The normalized spacial score (nSPS) is 13.8. The molecule has 108 valence electrons. The molecule has 2 N–H and O–H groups in total. The van der Waals surface area contributed by atoms with Crippen molar-refractivity contribution in [3.8, 4) is 0 Å². The first-order chi connectivity index (χ1) is 8.70. The van der Waals surface area contributed by atoms with E-state index in [1.807, 2.05) is 13.8 Å². The van der Waals surface area contributed by atoms with Gasteiger partial charge in [-0.15, -0.1) is 0 Å². The minimum atomic E-state index is -3.84. The Morgan fingerprint density at radius 1 is 1.42 bits per heavy atom. The summed E-state index contributed by atoms with van der Waals surface area (Å²) in [5.74, 6) is -0.518. The molecule has 4 nitrogen and oxygen atoms in total. The molecule has 0 saturated carbocycles. The number of nitrogens with two attached hydrogens (primary N) is 1. The Bertz CT molecular complexity index is 558. The molecule has 1 unspecified atom stereocenters. The highest BCUT2D eigenvalue weighted by molar-refractivity contribution is 7.89. The van der Waals surface area contributed by atoms with Gasteiger partial charge >= 0.3 is 0 Å². The summed E-state index contributed by atoms with van der Waals surface area (Å²) >= 11 is 0. The molecular weight excluding hydrogens is 267 g/mol. The van der Waals surface area contributed by atoms with Gasteiger partial charge in [-0.3, -0.25) is 0 Å². The first kappa shape index (κ1) is 15.9. The number of benzene rings is 1. The predicted molar refractivity (Wildman–Crippen MR) is 74.8 cm³/mol. The van der Waals surface area contributed by atoms with E-state index in [1.54, 1.807) is 0 Å². The lowest BCUT2D eigenvalue weighted by Gasteiger charge is -2.21. The van der Waals surface area contributed by atoms with Gasteiger partial charge in [0.1, 0.15) is 10.7 Å². The van der Waals surface area contributed by atoms with Crippen LogP contribution in [0.2, 0.25) is 0 Å². The van der Waals surface area contributed by atoms with Crippen LogP contribution in [0.15, 0.2) is 17.0 Å². The molecule has 0 amide bonds. The van der Waals surface area contributed by atoms with E-state index in [0.29, 0.717) is 6.54 Å². The molecule has 1 atom stereocenters. The molecule has 1 rings (SSSR count). The number of sulfonamides is 1. The molecule has 0 aliphatic carbocycles. The Kier molecular flexibility index (Phi) is 4.92. The zero-order valence-corrected chi connectivity index (χ0v) is 12.6. The average Bonchev–Trinajstić information content (AvgIpc) is 2.33. The summed E-state index contributed by atoms with van der Waals surface area (Å²) in [5.41, 5.74) is 6.08. The highest BCUT2D eigenvalue weighted by Gasteiger charge is 2.26. The highest BCUT2D eigenvalue weighted by atomic mass is 32.2. The van der Waals surface area contributed by atoms with Crippen molar-refractivity contribution in [2.75, 3.05) is 19.3 Å². The zero-order chi connectivity index (χ0) is 14.8. The van der Waals surface area contributed by atoms with E-state index in [-0.39, 0.29) is 22.1 Å². The molecule has 1 aromatic rings. The van der Waals surface area contributed by atoms with Crippen LogP contribution in [-0.2, 0) is 10.0 Å². The fourth-order valence-corrected chi connectivity index (χ4v) is 3.24. The molecule has 0 fully saturated rings. The molecule has 0 saturated heterocycles. The van der Waals surface area contributed by atoms with Gasteiger partial charge in [-0.2, -0.15) is 0 Å². The molecule has 0 aliphatic rings. The largest absolute Gasteiger partial charge is 0.399 e. The van der Waals surface area contributed by atoms with Crippen molar-refractivity contribution < 1.29 is 12.8 Å². The number of rotatable bonds is 5. The summed E-state index contributed by atoms with van der Waals surface area (Å²) in [6, 6.07) is 2.59. The van der Waals surface area contributed by atoms with Crippen LogP contribution in [0.25, 0.3) is 0 Å². The summed E-state index contributed by atoms with van der Waals surface area (Å²) < 4.78 is 39.9. The third kappa shape index (κ3) is 3.45. The molecule has 6 heteroatoms. The molecule has 0 heterocycles. The van der Waals surface area contributed by atoms with Crippen LogP contribution in [-0.4, -0.2) is 26.3 Å².